The van der Waals surface area contributed by atoms with Crippen molar-refractivity contribution >= 4 is 39.8 Å². The van der Waals surface area contributed by atoms with E-state index in [2.05, 4.69) is 15.1 Å². The third-order valence-corrected chi connectivity index (χ3v) is 6.54. The number of piperidine rings is 1. The van der Waals surface area contributed by atoms with Gasteiger partial charge in [-0.25, -0.2) is 0 Å². The highest BCUT2D eigenvalue weighted by atomic mass is 35.5. The van der Waals surface area contributed by atoms with Crippen molar-refractivity contribution in [1.29, 1.82) is 0 Å². The van der Waals surface area contributed by atoms with Gasteiger partial charge in [0.15, 0.2) is 17.3 Å². The van der Waals surface area contributed by atoms with Crippen LogP contribution in [0.3, 0.4) is 0 Å². The van der Waals surface area contributed by atoms with Crippen LogP contribution in [0.4, 0.5) is 11.5 Å². The highest BCUT2D eigenvalue weighted by Crippen LogP contribution is 2.38. The molecule has 3 aromatic rings. The van der Waals surface area contributed by atoms with E-state index in [-0.39, 0.29) is 18.7 Å². The fourth-order valence-electron chi connectivity index (χ4n) is 4.47. The lowest BCUT2D eigenvalue weighted by Crippen LogP contribution is -2.37. The molecule has 5 rings (SSSR count). The Morgan fingerprint density at radius 1 is 1.18 bits per heavy atom. The molecule has 1 aromatic heterocycles. The summed E-state index contributed by atoms with van der Waals surface area (Å²) in [6, 6.07) is 9.60. The number of nitrogens with zero attached hydrogens (tertiary/aromatic N) is 3. The van der Waals surface area contributed by atoms with Crippen LogP contribution in [0.15, 0.2) is 30.3 Å². The Bertz CT molecular complexity index is 1210. The Morgan fingerprint density at radius 2 is 1.97 bits per heavy atom. The number of nitrogen functional groups attached to an aromatic ring is 1. The molecule has 0 unspecified atom stereocenters. The molecule has 0 aliphatic carbocycles. The molecule has 0 radical (unpaired) electrons. The summed E-state index contributed by atoms with van der Waals surface area (Å²) in [7, 11) is 0. The smallest absolute Gasteiger partial charge is 0.309 e. The van der Waals surface area contributed by atoms with E-state index in [1.807, 2.05) is 31.2 Å². The second kappa shape index (κ2) is 8.94. The number of aromatic nitrogens is 2. The number of benzene rings is 2. The largest absolute Gasteiger partial charge is 0.466 e. The van der Waals surface area contributed by atoms with Crippen molar-refractivity contribution in [2.75, 3.05) is 37.1 Å². The minimum absolute atomic E-state index is 0.0911. The zero-order valence-corrected chi connectivity index (χ0v) is 19.1. The van der Waals surface area contributed by atoms with E-state index in [1.54, 1.807) is 6.07 Å². The molecule has 2 aliphatic rings. The second-order valence-corrected chi connectivity index (χ2v) is 8.64. The molecule has 0 atom stereocenters. The van der Waals surface area contributed by atoms with Crippen LogP contribution in [0.5, 0.6) is 11.5 Å². The summed E-state index contributed by atoms with van der Waals surface area (Å²) >= 11 is 6.39. The predicted molar refractivity (Wildman–Crippen MR) is 126 cm³/mol. The molecule has 0 amide bonds. The van der Waals surface area contributed by atoms with Gasteiger partial charge in [-0.1, -0.05) is 23.7 Å². The zero-order chi connectivity index (χ0) is 22.9. The minimum atomic E-state index is -0.130. The van der Waals surface area contributed by atoms with Crippen molar-refractivity contribution in [1.82, 2.24) is 10.2 Å². The first-order valence-electron chi connectivity index (χ1n) is 11.1. The van der Waals surface area contributed by atoms with E-state index in [0.29, 0.717) is 55.5 Å². The van der Waals surface area contributed by atoms with Crippen molar-refractivity contribution in [3.63, 3.8) is 0 Å². The molecule has 1 fully saturated rings. The molecule has 2 aliphatic heterocycles. The number of anilines is 2. The van der Waals surface area contributed by atoms with Crippen molar-refractivity contribution in [3.8, 4) is 11.5 Å². The summed E-state index contributed by atoms with van der Waals surface area (Å²) < 4.78 is 16.1. The van der Waals surface area contributed by atoms with Crippen LogP contribution >= 0.6 is 11.6 Å². The molecule has 2 aromatic carbocycles. The number of hydrogen-bond acceptors (Lipinski definition) is 8. The first kappa shape index (κ1) is 21.6. The van der Waals surface area contributed by atoms with Gasteiger partial charge >= 0.3 is 5.97 Å². The molecule has 33 heavy (non-hydrogen) atoms. The monoisotopic (exact) mass is 468 g/mol. The Balaban J connectivity index is 1.46. The maximum Gasteiger partial charge on any atom is 0.309 e. The number of hydrogen-bond donors (Lipinski definition) is 1. The van der Waals surface area contributed by atoms with Crippen molar-refractivity contribution in [2.24, 2.45) is 5.92 Å². The topological polar surface area (TPSA) is 99.8 Å². The van der Waals surface area contributed by atoms with Crippen molar-refractivity contribution in [3.05, 3.63) is 46.6 Å². The molecule has 0 spiro atoms. The standard InChI is InChI=1S/C24H25ClN4O4/c1-2-31-24(30)15-7-9-29(10-8-15)23-21-16(4-5-17(25)22(21)26)18(27-28-23)11-14-3-6-19-20(12-14)33-13-32-19/h3-6,12,15H,2,7-11,13,26H2,1H3. The number of nitrogens with two attached hydrogens (primary N) is 1. The van der Waals surface area contributed by atoms with Crippen molar-refractivity contribution < 1.29 is 19.0 Å². The van der Waals surface area contributed by atoms with Crippen LogP contribution in [0.25, 0.3) is 10.8 Å². The van der Waals surface area contributed by atoms with Gasteiger partial charge in [0.25, 0.3) is 0 Å². The third-order valence-electron chi connectivity index (χ3n) is 6.22. The maximum atomic E-state index is 12.1. The van der Waals surface area contributed by atoms with E-state index < -0.39 is 0 Å². The van der Waals surface area contributed by atoms with Gasteiger partial charge in [-0.3, -0.25) is 4.79 Å². The molecule has 3 heterocycles. The van der Waals surface area contributed by atoms with Gasteiger partial charge in [0, 0.05) is 24.9 Å². The number of carbonyl (C=O) groups excluding carboxylic acids is 1. The van der Waals surface area contributed by atoms with Crippen LogP contribution in [-0.4, -0.2) is 42.7 Å². The van der Waals surface area contributed by atoms with Gasteiger partial charge in [0.1, 0.15) is 0 Å². The van der Waals surface area contributed by atoms with E-state index in [0.717, 1.165) is 33.5 Å². The summed E-state index contributed by atoms with van der Waals surface area (Å²) in [5.74, 6) is 1.95. The van der Waals surface area contributed by atoms with E-state index in [4.69, 9.17) is 31.5 Å². The Hall–Kier alpha value is -3.26. The molecule has 2 N–H and O–H groups in total. The quantitative estimate of drug-likeness (QED) is 0.443. The lowest BCUT2D eigenvalue weighted by atomic mass is 9.96. The van der Waals surface area contributed by atoms with E-state index in [9.17, 15) is 4.79 Å². The minimum Gasteiger partial charge on any atom is -0.466 e. The number of esters is 1. The highest BCUT2D eigenvalue weighted by molar-refractivity contribution is 6.35. The lowest BCUT2D eigenvalue weighted by Gasteiger charge is -2.32. The maximum absolute atomic E-state index is 12.1. The summed E-state index contributed by atoms with van der Waals surface area (Å²) in [5, 5.41) is 11.3. The number of rotatable bonds is 5. The fourth-order valence-corrected chi connectivity index (χ4v) is 4.63. The van der Waals surface area contributed by atoms with Crippen LogP contribution in [-0.2, 0) is 16.0 Å². The Labute approximate surface area is 196 Å². The van der Waals surface area contributed by atoms with Crippen LogP contribution in [0, 0.1) is 5.92 Å². The number of carbonyl (C=O) groups is 1. The highest BCUT2D eigenvalue weighted by Gasteiger charge is 2.28. The molecule has 0 saturated carbocycles. The SMILES string of the molecule is CCOC(=O)C1CCN(c2nnc(Cc3ccc4c(c3)OCO4)c3ccc(Cl)c(N)c23)CC1. The normalized spacial score (nSPS) is 15.8. The first-order chi connectivity index (χ1) is 16.0. The molecule has 0 bridgehead atoms. The molecule has 8 nitrogen and oxygen atoms in total. The van der Waals surface area contributed by atoms with Crippen LogP contribution in [0.2, 0.25) is 5.02 Å². The number of ether oxygens (including phenoxy) is 3. The third kappa shape index (κ3) is 4.11. The predicted octanol–water partition coefficient (Wildman–Crippen LogP) is 3.96. The van der Waals surface area contributed by atoms with E-state index >= 15 is 0 Å². The second-order valence-electron chi connectivity index (χ2n) is 8.23. The number of fused-ring (bicyclic) bond motifs is 2. The molecular formula is C24H25ClN4O4. The molecular weight excluding hydrogens is 444 g/mol. The summed E-state index contributed by atoms with van der Waals surface area (Å²) in [5.41, 5.74) is 8.76. The Kier molecular flexibility index (Phi) is 5.85. The first-order valence-corrected chi connectivity index (χ1v) is 11.5. The van der Waals surface area contributed by atoms with Gasteiger partial charge in [-0.2, -0.15) is 5.10 Å². The Morgan fingerprint density at radius 3 is 2.76 bits per heavy atom. The zero-order valence-electron chi connectivity index (χ0n) is 18.3. The van der Waals surface area contributed by atoms with Gasteiger partial charge in [0.05, 0.1) is 34.3 Å². The fraction of sp³-hybridized carbons (Fsp3) is 0.375. The van der Waals surface area contributed by atoms with Gasteiger partial charge in [-0.15, -0.1) is 5.10 Å². The average molecular weight is 469 g/mol. The van der Waals surface area contributed by atoms with Crippen LogP contribution < -0.4 is 20.1 Å². The van der Waals surface area contributed by atoms with Crippen molar-refractivity contribution in [2.45, 2.75) is 26.2 Å². The lowest BCUT2D eigenvalue weighted by molar-refractivity contribution is -0.148. The van der Waals surface area contributed by atoms with Gasteiger partial charge in [0.2, 0.25) is 6.79 Å². The van der Waals surface area contributed by atoms with Gasteiger partial charge in [-0.05, 0) is 43.5 Å². The summed E-state index contributed by atoms with van der Waals surface area (Å²) in [6.45, 7) is 3.79. The van der Waals surface area contributed by atoms with E-state index in [1.165, 1.54) is 0 Å². The summed E-state index contributed by atoms with van der Waals surface area (Å²) in [6.07, 6.45) is 1.95. The molecule has 1 saturated heterocycles. The summed E-state index contributed by atoms with van der Waals surface area (Å²) in [4.78, 5) is 14.2. The molecule has 172 valence electrons. The number of halogens is 1. The van der Waals surface area contributed by atoms with Crippen LogP contribution in [0.1, 0.15) is 31.0 Å². The van der Waals surface area contributed by atoms with Gasteiger partial charge < -0.3 is 24.8 Å². The molecule has 9 heteroatoms. The average Bonchev–Trinajstić information content (AvgIpc) is 3.30.